The maximum Gasteiger partial charge on any atom is 0.244 e. The van der Waals surface area contributed by atoms with Crippen molar-refractivity contribution in [2.75, 3.05) is 0 Å². The number of rotatable bonds is 2. The van der Waals surface area contributed by atoms with Crippen molar-refractivity contribution in [3.63, 3.8) is 0 Å². The van der Waals surface area contributed by atoms with E-state index >= 15 is 0 Å². The molecule has 0 amide bonds. The molecule has 1 aromatic rings. The second-order valence-electron chi connectivity index (χ2n) is 2.40. The maximum atomic E-state index is 10.8. The summed E-state index contributed by atoms with van der Waals surface area (Å²) in [5, 5.41) is 4.88. The van der Waals surface area contributed by atoms with Gasteiger partial charge in [0.2, 0.25) is 10.0 Å². The molecule has 1 aromatic carbocycles. The summed E-state index contributed by atoms with van der Waals surface area (Å²) in [6.45, 7) is 0. The third kappa shape index (κ3) is 3.30. The zero-order valence-electron chi connectivity index (χ0n) is 6.64. The van der Waals surface area contributed by atoms with Crippen LogP contribution >= 0.6 is 15.9 Å². The molecule has 0 aliphatic carbocycles. The first-order valence-corrected chi connectivity index (χ1v) is 5.79. The summed E-state index contributed by atoms with van der Waals surface area (Å²) >= 11 is 2.88. The normalized spacial score (nSPS) is 12.9. The second-order valence-corrected chi connectivity index (χ2v) is 5.31. The number of primary sulfonamides is 1. The van der Waals surface area contributed by atoms with Crippen LogP contribution in [0.3, 0.4) is 0 Å². The summed E-state index contributed by atoms with van der Waals surface area (Å²) in [4.78, 5) is 0. The molecule has 0 saturated heterocycles. The zero-order chi connectivity index (χ0) is 9.90. The van der Waals surface area contributed by atoms with Gasteiger partial charge >= 0.3 is 0 Å². The van der Waals surface area contributed by atoms with Crippen molar-refractivity contribution in [1.82, 2.24) is 0 Å². The fraction of sp³-hybridized carbons (Fsp3) is 0. The van der Waals surface area contributed by atoms with Crippen molar-refractivity contribution < 1.29 is 8.42 Å². The van der Waals surface area contributed by atoms with Crippen LogP contribution in [-0.4, -0.2) is 8.42 Å². The van der Waals surface area contributed by atoms with Crippen LogP contribution in [0.2, 0.25) is 0 Å². The van der Waals surface area contributed by atoms with Crippen molar-refractivity contribution >= 4 is 32.0 Å². The van der Waals surface area contributed by atoms with Crippen molar-refractivity contribution in [2.45, 2.75) is 0 Å². The Hall–Kier alpha value is -0.650. The number of nitrogens with two attached hydrogens (primary N) is 1. The van der Waals surface area contributed by atoms with E-state index in [0.29, 0.717) is 0 Å². The lowest BCUT2D eigenvalue weighted by Crippen LogP contribution is -2.10. The minimum absolute atomic E-state index is 0.0220. The van der Waals surface area contributed by atoms with Gasteiger partial charge in [0.15, 0.2) is 0 Å². The number of hydrogen-bond donors (Lipinski definition) is 1. The topological polar surface area (TPSA) is 60.2 Å². The lowest BCUT2D eigenvalue weighted by atomic mass is 10.2. The highest BCUT2D eigenvalue weighted by molar-refractivity contribution is 9.13. The first-order chi connectivity index (χ1) is 6.00. The lowest BCUT2D eigenvalue weighted by Gasteiger charge is -1.95. The number of sulfonamides is 1. The van der Waals surface area contributed by atoms with Gasteiger partial charge in [-0.05, 0) is 27.6 Å². The van der Waals surface area contributed by atoms with Gasteiger partial charge in [0.05, 0.1) is 0 Å². The molecule has 5 heteroatoms. The van der Waals surface area contributed by atoms with Crippen LogP contribution in [0.5, 0.6) is 0 Å². The Balaban J connectivity index is 3.04. The molecule has 70 valence electrons. The van der Waals surface area contributed by atoms with Crippen molar-refractivity contribution in [3.05, 3.63) is 39.7 Å². The monoisotopic (exact) mass is 261 g/mol. The molecule has 2 N–H and O–H groups in total. The summed E-state index contributed by atoms with van der Waals surface area (Å²) in [6, 6.07) is 9.05. The van der Waals surface area contributed by atoms with Crippen molar-refractivity contribution in [1.29, 1.82) is 0 Å². The standard InChI is InChI=1S/C8H8BrNO2S/c9-8(13(10,11)12)6-7-4-2-1-3-5-7/h1-6H,(H2,10,11,12). The van der Waals surface area contributed by atoms with Gasteiger partial charge in [-0.3, -0.25) is 0 Å². The molecule has 0 radical (unpaired) electrons. The van der Waals surface area contributed by atoms with E-state index in [-0.39, 0.29) is 3.81 Å². The number of benzene rings is 1. The van der Waals surface area contributed by atoms with Crippen LogP contribution in [0.1, 0.15) is 5.56 Å². The summed E-state index contributed by atoms with van der Waals surface area (Å²) in [6.07, 6.45) is 1.45. The smallest absolute Gasteiger partial charge is 0.224 e. The summed E-state index contributed by atoms with van der Waals surface area (Å²) in [5.41, 5.74) is 0.781. The summed E-state index contributed by atoms with van der Waals surface area (Å²) in [5.74, 6) is 0. The summed E-state index contributed by atoms with van der Waals surface area (Å²) < 4.78 is 21.6. The van der Waals surface area contributed by atoms with Gasteiger partial charge in [-0.15, -0.1) is 0 Å². The molecule has 0 fully saturated rings. The van der Waals surface area contributed by atoms with Gasteiger partial charge < -0.3 is 0 Å². The van der Waals surface area contributed by atoms with E-state index in [1.807, 2.05) is 18.2 Å². The Kier molecular flexibility index (Phi) is 3.24. The Morgan fingerprint density at radius 1 is 1.31 bits per heavy atom. The molecule has 0 spiro atoms. The predicted molar refractivity (Wildman–Crippen MR) is 56.5 cm³/mol. The minimum Gasteiger partial charge on any atom is -0.224 e. The average Bonchev–Trinajstić information content (AvgIpc) is 2.04. The predicted octanol–water partition coefficient (Wildman–Crippen LogP) is 1.67. The molecule has 0 unspecified atom stereocenters. The van der Waals surface area contributed by atoms with Gasteiger partial charge in [-0.25, -0.2) is 13.6 Å². The van der Waals surface area contributed by atoms with Crippen LogP contribution in [0.15, 0.2) is 34.1 Å². The Morgan fingerprint density at radius 3 is 2.31 bits per heavy atom. The highest BCUT2D eigenvalue weighted by Crippen LogP contribution is 2.15. The molecule has 0 saturated carbocycles. The van der Waals surface area contributed by atoms with Crippen LogP contribution in [-0.2, 0) is 10.0 Å². The van der Waals surface area contributed by atoms with E-state index in [1.54, 1.807) is 12.1 Å². The first-order valence-electron chi connectivity index (χ1n) is 3.45. The SMILES string of the molecule is NS(=O)(=O)C(Br)=Cc1ccccc1. The highest BCUT2D eigenvalue weighted by Gasteiger charge is 2.06. The van der Waals surface area contributed by atoms with E-state index in [1.165, 1.54) is 6.08 Å². The molecule has 0 aromatic heterocycles. The van der Waals surface area contributed by atoms with Gasteiger partial charge in [0.25, 0.3) is 0 Å². The molecule has 3 nitrogen and oxygen atoms in total. The van der Waals surface area contributed by atoms with Crippen molar-refractivity contribution in [2.24, 2.45) is 5.14 Å². The van der Waals surface area contributed by atoms with Gasteiger partial charge in [0.1, 0.15) is 3.81 Å². The fourth-order valence-electron chi connectivity index (χ4n) is 0.762. The Bertz CT molecular complexity index is 411. The third-order valence-corrected chi connectivity index (χ3v) is 3.60. The van der Waals surface area contributed by atoms with Gasteiger partial charge in [-0.2, -0.15) is 0 Å². The molecule has 0 aliphatic rings. The van der Waals surface area contributed by atoms with Crippen LogP contribution in [0.25, 0.3) is 6.08 Å². The fourth-order valence-corrected chi connectivity index (χ4v) is 1.33. The summed E-state index contributed by atoms with van der Waals surface area (Å²) in [7, 11) is -3.62. The number of halogens is 1. The van der Waals surface area contributed by atoms with Gasteiger partial charge in [0, 0.05) is 0 Å². The van der Waals surface area contributed by atoms with Crippen LogP contribution in [0, 0.1) is 0 Å². The maximum absolute atomic E-state index is 10.8. The largest absolute Gasteiger partial charge is 0.244 e. The van der Waals surface area contributed by atoms with Crippen LogP contribution < -0.4 is 5.14 Å². The van der Waals surface area contributed by atoms with Gasteiger partial charge in [-0.1, -0.05) is 30.3 Å². The Morgan fingerprint density at radius 2 is 1.85 bits per heavy atom. The number of hydrogen-bond acceptors (Lipinski definition) is 2. The molecule has 0 bridgehead atoms. The minimum atomic E-state index is -3.62. The molecule has 0 aliphatic heterocycles. The molecule has 0 heterocycles. The van der Waals surface area contributed by atoms with Crippen LogP contribution in [0.4, 0.5) is 0 Å². The molecule has 13 heavy (non-hydrogen) atoms. The second kappa shape index (κ2) is 4.04. The van der Waals surface area contributed by atoms with E-state index in [4.69, 9.17) is 5.14 Å². The molecule has 1 rings (SSSR count). The van der Waals surface area contributed by atoms with E-state index < -0.39 is 10.0 Å². The zero-order valence-corrected chi connectivity index (χ0v) is 9.05. The van der Waals surface area contributed by atoms with Crippen molar-refractivity contribution in [3.8, 4) is 0 Å². The van der Waals surface area contributed by atoms with E-state index in [9.17, 15) is 8.42 Å². The molecule has 0 atom stereocenters. The Labute approximate surface area is 85.4 Å². The average molecular weight is 262 g/mol. The molecular formula is C8H8BrNO2S. The lowest BCUT2D eigenvalue weighted by molar-refractivity contribution is 0.606. The van der Waals surface area contributed by atoms with E-state index in [2.05, 4.69) is 15.9 Å². The third-order valence-electron chi connectivity index (χ3n) is 1.35. The first kappa shape index (κ1) is 10.4. The molecular weight excluding hydrogens is 254 g/mol. The van der Waals surface area contributed by atoms with E-state index in [0.717, 1.165) is 5.56 Å². The quantitative estimate of drug-likeness (QED) is 0.881. The highest BCUT2D eigenvalue weighted by atomic mass is 79.9.